The smallest absolute Gasteiger partial charge is 0.303 e. The van der Waals surface area contributed by atoms with Crippen LogP contribution in [0, 0.1) is 6.92 Å². The molecule has 1 N–H and O–H groups in total. The molecular formula is C15H17NO2. The Bertz CT molecular complexity index is 552. The Morgan fingerprint density at radius 3 is 2.44 bits per heavy atom. The number of aryl methyl sites for hydroxylation is 2. The quantitative estimate of drug-likeness (QED) is 0.896. The molecule has 0 fully saturated rings. The van der Waals surface area contributed by atoms with E-state index in [2.05, 4.69) is 35.8 Å². The summed E-state index contributed by atoms with van der Waals surface area (Å²) in [6, 6.07) is 12.4. The third-order valence-corrected chi connectivity index (χ3v) is 3.17. The number of carboxylic acids is 1. The highest BCUT2D eigenvalue weighted by atomic mass is 16.4. The van der Waals surface area contributed by atoms with E-state index in [4.69, 9.17) is 5.11 Å². The summed E-state index contributed by atoms with van der Waals surface area (Å²) in [4.78, 5) is 10.6. The Morgan fingerprint density at radius 2 is 1.83 bits per heavy atom. The fraction of sp³-hybridized carbons (Fsp3) is 0.267. The zero-order valence-electron chi connectivity index (χ0n) is 10.7. The first kappa shape index (κ1) is 12.4. The Labute approximate surface area is 107 Å². The van der Waals surface area contributed by atoms with Gasteiger partial charge in [-0.3, -0.25) is 4.79 Å². The second-order valence-electron chi connectivity index (χ2n) is 4.53. The summed E-state index contributed by atoms with van der Waals surface area (Å²) in [5.41, 5.74) is 4.56. The van der Waals surface area contributed by atoms with Crippen LogP contribution in [0.1, 0.15) is 17.7 Å². The Balaban J connectivity index is 2.25. The minimum atomic E-state index is -0.756. The van der Waals surface area contributed by atoms with Gasteiger partial charge in [0.1, 0.15) is 0 Å². The average molecular weight is 243 g/mol. The predicted octanol–water partition coefficient (Wildman–Crippen LogP) is 3.02. The van der Waals surface area contributed by atoms with Crippen molar-refractivity contribution in [2.45, 2.75) is 19.8 Å². The van der Waals surface area contributed by atoms with Gasteiger partial charge < -0.3 is 9.67 Å². The molecule has 18 heavy (non-hydrogen) atoms. The van der Waals surface area contributed by atoms with Gasteiger partial charge in [0.2, 0.25) is 0 Å². The molecule has 0 aliphatic rings. The van der Waals surface area contributed by atoms with E-state index in [0.717, 1.165) is 17.0 Å². The molecule has 1 aromatic heterocycles. The van der Waals surface area contributed by atoms with Gasteiger partial charge in [-0.25, -0.2) is 0 Å². The van der Waals surface area contributed by atoms with Crippen LogP contribution in [0.4, 0.5) is 0 Å². The van der Waals surface area contributed by atoms with Gasteiger partial charge in [-0.15, -0.1) is 0 Å². The molecule has 1 aromatic carbocycles. The lowest BCUT2D eigenvalue weighted by atomic mass is 10.1. The van der Waals surface area contributed by atoms with Crippen molar-refractivity contribution < 1.29 is 9.90 Å². The van der Waals surface area contributed by atoms with E-state index in [-0.39, 0.29) is 6.42 Å². The van der Waals surface area contributed by atoms with E-state index in [0.29, 0.717) is 6.42 Å². The van der Waals surface area contributed by atoms with Crippen LogP contribution in [0.15, 0.2) is 36.4 Å². The highest BCUT2D eigenvalue weighted by Crippen LogP contribution is 2.22. The average Bonchev–Trinajstić information content (AvgIpc) is 2.69. The van der Waals surface area contributed by atoms with E-state index in [1.165, 1.54) is 5.56 Å². The number of hydrogen-bond donors (Lipinski definition) is 1. The molecule has 0 unspecified atom stereocenters. The largest absolute Gasteiger partial charge is 0.481 e. The topological polar surface area (TPSA) is 42.2 Å². The van der Waals surface area contributed by atoms with E-state index < -0.39 is 5.97 Å². The van der Waals surface area contributed by atoms with E-state index in [1.807, 2.05) is 19.2 Å². The molecular weight excluding hydrogens is 226 g/mol. The van der Waals surface area contributed by atoms with Gasteiger partial charge >= 0.3 is 5.97 Å². The van der Waals surface area contributed by atoms with E-state index in [1.54, 1.807) is 0 Å². The first-order valence-electron chi connectivity index (χ1n) is 6.01. The van der Waals surface area contributed by atoms with Gasteiger partial charge in [0.25, 0.3) is 0 Å². The number of rotatable bonds is 4. The molecule has 0 atom stereocenters. The van der Waals surface area contributed by atoms with Crippen LogP contribution in [0.25, 0.3) is 11.3 Å². The molecule has 0 spiro atoms. The number of aromatic nitrogens is 1. The summed E-state index contributed by atoms with van der Waals surface area (Å²) >= 11 is 0. The summed E-state index contributed by atoms with van der Waals surface area (Å²) in [6.45, 7) is 2.06. The molecule has 2 rings (SSSR count). The van der Waals surface area contributed by atoms with Gasteiger partial charge in [-0.05, 0) is 31.0 Å². The molecule has 0 bridgehead atoms. The molecule has 94 valence electrons. The molecule has 3 nitrogen and oxygen atoms in total. The second kappa shape index (κ2) is 5.08. The SMILES string of the molecule is Cc1ccc(-c2ccc(CCC(=O)O)n2C)cc1. The summed E-state index contributed by atoms with van der Waals surface area (Å²) < 4.78 is 2.06. The summed E-state index contributed by atoms with van der Waals surface area (Å²) in [7, 11) is 1.98. The second-order valence-corrected chi connectivity index (χ2v) is 4.53. The van der Waals surface area contributed by atoms with Gasteiger partial charge in [-0.1, -0.05) is 29.8 Å². The fourth-order valence-electron chi connectivity index (χ4n) is 2.05. The lowest BCUT2D eigenvalue weighted by Gasteiger charge is -2.07. The molecule has 3 heteroatoms. The minimum Gasteiger partial charge on any atom is -0.481 e. The van der Waals surface area contributed by atoms with Gasteiger partial charge in [-0.2, -0.15) is 0 Å². The van der Waals surface area contributed by atoms with Gasteiger partial charge in [0.05, 0.1) is 6.42 Å². The van der Waals surface area contributed by atoms with Crippen molar-refractivity contribution in [3.05, 3.63) is 47.7 Å². The Hall–Kier alpha value is -2.03. The molecule has 0 aliphatic heterocycles. The van der Waals surface area contributed by atoms with Crippen molar-refractivity contribution in [2.24, 2.45) is 7.05 Å². The van der Waals surface area contributed by atoms with Crippen molar-refractivity contribution >= 4 is 5.97 Å². The maximum atomic E-state index is 10.6. The summed E-state index contributed by atoms with van der Waals surface area (Å²) in [5, 5.41) is 8.71. The number of carboxylic acid groups (broad SMARTS) is 1. The third kappa shape index (κ3) is 2.62. The molecule has 0 radical (unpaired) electrons. The first-order chi connectivity index (χ1) is 8.58. The van der Waals surface area contributed by atoms with Crippen molar-refractivity contribution in [1.29, 1.82) is 0 Å². The molecule has 0 saturated carbocycles. The lowest BCUT2D eigenvalue weighted by molar-refractivity contribution is -0.136. The van der Waals surface area contributed by atoms with Crippen molar-refractivity contribution in [1.82, 2.24) is 4.57 Å². The Kier molecular flexibility index (Phi) is 3.51. The first-order valence-corrected chi connectivity index (χ1v) is 6.01. The molecule has 0 amide bonds. The van der Waals surface area contributed by atoms with Crippen molar-refractivity contribution in [2.75, 3.05) is 0 Å². The highest BCUT2D eigenvalue weighted by molar-refractivity contribution is 5.67. The predicted molar refractivity (Wildman–Crippen MR) is 71.5 cm³/mol. The summed E-state index contributed by atoms with van der Waals surface area (Å²) in [5.74, 6) is -0.756. The zero-order chi connectivity index (χ0) is 13.1. The zero-order valence-corrected chi connectivity index (χ0v) is 10.7. The van der Waals surface area contributed by atoms with Crippen LogP contribution in [0.2, 0.25) is 0 Å². The van der Waals surface area contributed by atoms with Crippen molar-refractivity contribution in [3.63, 3.8) is 0 Å². The number of benzene rings is 1. The maximum Gasteiger partial charge on any atom is 0.303 e. The molecule has 1 heterocycles. The van der Waals surface area contributed by atoms with E-state index >= 15 is 0 Å². The van der Waals surface area contributed by atoms with Crippen LogP contribution in [0.3, 0.4) is 0 Å². The Morgan fingerprint density at radius 1 is 1.17 bits per heavy atom. The molecule has 0 saturated heterocycles. The maximum absolute atomic E-state index is 10.6. The number of carbonyl (C=O) groups is 1. The van der Waals surface area contributed by atoms with Gasteiger partial charge in [0.15, 0.2) is 0 Å². The normalized spacial score (nSPS) is 10.6. The van der Waals surface area contributed by atoms with E-state index in [9.17, 15) is 4.79 Å². The lowest BCUT2D eigenvalue weighted by Crippen LogP contribution is -2.02. The third-order valence-electron chi connectivity index (χ3n) is 3.17. The summed E-state index contributed by atoms with van der Waals surface area (Å²) in [6.07, 6.45) is 0.739. The molecule has 2 aromatic rings. The standard InChI is InChI=1S/C15H17NO2/c1-11-3-5-12(6-4-11)14-9-7-13(16(14)2)8-10-15(17)18/h3-7,9H,8,10H2,1-2H3,(H,17,18). The van der Waals surface area contributed by atoms with Crippen LogP contribution >= 0.6 is 0 Å². The minimum absolute atomic E-state index is 0.172. The van der Waals surface area contributed by atoms with Crippen LogP contribution in [0.5, 0.6) is 0 Å². The monoisotopic (exact) mass is 243 g/mol. The van der Waals surface area contributed by atoms with Crippen LogP contribution in [-0.2, 0) is 18.3 Å². The molecule has 0 aliphatic carbocycles. The van der Waals surface area contributed by atoms with Crippen molar-refractivity contribution in [3.8, 4) is 11.3 Å². The number of aliphatic carboxylic acids is 1. The van der Waals surface area contributed by atoms with Crippen LogP contribution < -0.4 is 0 Å². The van der Waals surface area contributed by atoms with Crippen LogP contribution in [-0.4, -0.2) is 15.6 Å². The fourth-order valence-corrected chi connectivity index (χ4v) is 2.05. The van der Waals surface area contributed by atoms with Gasteiger partial charge in [0, 0.05) is 18.4 Å². The number of nitrogens with zero attached hydrogens (tertiary/aromatic N) is 1. The number of hydrogen-bond acceptors (Lipinski definition) is 1. The highest BCUT2D eigenvalue weighted by Gasteiger charge is 2.08.